The summed E-state index contributed by atoms with van der Waals surface area (Å²) in [5, 5.41) is 0. The number of sulfonamides is 1. The summed E-state index contributed by atoms with van der Waals surface area (Å²) in [7, 11) is -1.73. The molecule has 9 heteroatoms. The van der Waals surface area contributed by atoms with Gasteiger partial charge in [0, 0.05) is 20.0 Å². The predicted octanol–water partition coefficient (Wildman–Crippen LogP) is 2.00. The van der Waals surface area contributed by atoms with Crippen LogP contribution in [0.4, 0.5) is 0 Å². The summed E-state index contributed by atoms with van der Waals surface area (Å²) in [6.07, 6.45) is 0.476. The molecule has 0 aliphatic rings. The average molecular weight is 388 g/mol. The second-order valence-electron chi connectivity index (χ2n) is 5.90. The largest absolute Gasteiger partial charge is 0.331 e. The molecule has 0 saturated heterocycles. The number of rotatable bonds is 5. The lowest BCUT2D eigenvalue weighted by atomic mass is 10.3. The smallest absolute Gasteiger partial charge is 0.305 e. The summed E-state index contributed by atoms with van der Waals surface area (Å²) in [6.45, 7) is 0.237. The van der Waals surface area contributed by atoms with Crippen LogP contribution in [-0.2, 0) is 23.5 Å². The first-order chi connectivity index (χ1) is 12.4. The van der Waals surface area contributed by atoms with Crippen LogP contribution in [0.3, 0.4) is 0 Å². The van der Waals surface area contributed by atoms with E-state index in [9.17, 15) is 13.2 Å². The van der Waals surface area contributed by atoms with Gasteiger partial charge in [-0.2, -0.15) is 0 Å². The normalized spacial score (nSPS) is 12.2. The Bertz CT molecular complexity index is 1270. The Kier molecular flexibility index (Phi) is 4.14. The van der Waals surface area contributed by atoms with E-state index in [1.54, 1.807) is 6.07 Å². The molecule has 4 aromatic rings. The molecule has 0 atom stereocenters. The number of aromatic nitrogens is 3. The van der Waals surface area contributed by atoms with Crippen LogP contribution in [0, 0.1) is 0 Å². The summed E-state index contributed by atoms with van der Waals surface area (Å²) in [5.41, 5.74) is 2.54. The van der Waals surface area contributed by atoms with Crippen molar-refractivity contribution in [2.24, 2.45) is 7.05 Å². The Morgan fingerprint density at radius 1 is 1.23 bits per heavy atom. The molecule has 2 heterocycles. The van der Waals surface area contributed by atoms with Crippen LogP contribution >= 0.6 is 11.3 Å². The van der Waals surface area contributed by atoms with E-state index >= 15 is 0 Å². The summed E-state index contributed by atoms with van der Waals surface area (Å²) < 4.78 is 30.2. The van der Waals surface area contributed by atoms with Crippen molar-refractivity contribution in [3.63, 3.8) is 0 Å². The van der Waals surface area contributed by atoms with E-state index < -0.39 is 10.0 Å². The number of thiazole rings is 1. The van der Waals surface area contributed by atoms with Crippen molar-refractivity contribution in [3.8, 4) is 0 Å². The van der Waals surface area contributed by atoms with Gasteiger partial charge in [-0.15, -0.1) is 0 Å². The van der Waals surface area contributed by atoms with Crippen molar-refractivity contribution < 1.29 is 8.42 Å². The monoisotopic (exact) mass is 388 g/mol. The summed E-state index contributed by atoms with van der Waals surface area (Å²) in [5.74, 6) is 0.813. The quantitative estimate of drug-likeness (QED) is 0.546. The van der Waals surface area contributed by atoms with E-state index in [2.05, 4.69) is 14.7 Å². The standard InChI is InChI=1S/C17H16N4O3S2/c1-21-14-5-3-2-4-12(14)19-16(21)8-9-18-26(23,24)11-6-7-13-15(10-11)25-17(22)20-13/h2-7,10,18H,8-9H2,1H3,(H,20,22). The molecule has 0 unspecified atom stereocenters. The molecule has 0 bridgehead atoms. The highest BCUT2D eigenvalue weighted by atomic mass is 32.2. The number of para-hydroxylation sites is 2. The lowest BCUT2D eigenvalue weighted by Gasteiger charge is -2.07. The Morgan fingerprint density at radius 2 is 2.04 bits per heavy atom. The molecule has 0 fully saturated rings. The number of nitrogens with one attached hydrogen (secondary N) is 2. The highest BCUT2D eigenvalue weighted by Crippen LogP contribution is 2.19. The van der Waals surface area contributed by atoms with Gasteiger partial charge in [0.15, 0.2) is 0 Å². The van der Waals surface area contributed by atoms with E-state index in [-0.39, 0.29) is 16.3 Å². The third-order valence-electron chi connectivity index (χ3n) is 4.22. The average Bonchev–Trinajstić information content (AvgIpc) is 3.14. The van der Waals surface area contributed by atoms with E-state index in [0.29, 0.717) is 16.6 Å². The topological polar surface area (TPSA) is 96.9 Å². The van der Waals surface area contributed by atoms with Crippen LogP contribution in [0.5, 0.6) is 0 Å². The second-order valence-corrected chi connectivity index (χ2v) is 8.68. The molecular weight excluding hydrogens is 372 g/mol. The van der Waals surface area contributed by atoms with Crippen molar-refractivity contribution in [3.05, 3.63) is 58.0 Å². The third kappa shape index (κ3) is 3.05. The first-order valence-corrected chi connectivity index (χ1v) is 10.3. The maximum Gasteiger partial charge on any atom is 0.305 e. The first-order valence-electron chi connectivity index (χ1n) is 7.97. The molecule has 26 heavy (non-hydrogen) atoms. The van der Waals surface area contributed by atoms with Crippen LogP contribution < -0.4 is 9.60 Å². The molecule has 7 nitrogen and oxygen atoms in total. The fourth-order valence-electron chi connectivity index (χ4n) is 2.89. The van der Waals surface area contributed by atoms with Gasteiger partial charge < -0.3 is 9.55 Å². The second kappa shape index (κ2) is 6.35. The number of nitrogens with zero attached hydrogens (tertiary/aromatic N) is 2. The van der Waals surface area contributed by atoms with Crippen LogP contribution in [0.1, 0.15) is 5.82 Å². The number of hydrogen-bond acceptors (Lipinski definition) is 5. The zero-order chi connectivity index (χ0) is 18.3. The summed E-state index contributed by atoms with van der Waals surface area (Å²) in [6, 6.07) is 12.4. The maximum atomic E-state index is 12.5. The molecule has 0 aliphatic heterocycles. The minimum absolute atomic E-state index is 0.144. The minimum atomic E-state index is -3.65. The number of hydrogen-bond donors (Lipinski definition) is 2. The van der Waals surface area contributed by atoms with Crippen molar-refractivity contribution in [1.82, 2.24) is 19.3 Å². The molecule has 2 aromatic heterocycles. The Hall–Kier alpha value is -2.49. The lowest BCUT2D eigenvalue weighted by molar-refractivity contribution is 0.580. The number of imidazole rings is 1. The lowest BCUT2D eigenvalue weighted by Crippen LogP contribution is -2.26. The molecular formula is C17H16N4O3S2. The van der Waals surface area contributed by atoms with E-state index in [4.69, 9.17) is 0 Å². The minimum Gasteiger partial charge on any atom is -0.331 e. The fraction of sp³-hybridized carbons (Fsp3) is 0.176. The maximum absolute atomic E-state index is 12.5. The zero-order valence-electron chi connectivity index (χ0n) is 13.9. The molecule has 2 N–H and O–H groups in total. The fourth-order valence-corrected chi connectivity index (χ4v) is 4.80. The van der Waals surface area contributed by atoms with Crippen LogP contribution in [-0.4, -0.2) is 29.5 Å². The molecule has 0 saturated carbocycles. The molecule has 0 spiro atoms. The Morgan fingerprint density at radius 3 is 2.85 bits per heavy atom. The molecule has 2 aromatic carbocycles. The van der Waals surface area contributed by atoms with Gasteiger partial charge in [-0.3, -0.25) is 4.79 Å². The number of benzene rings is 2. The third-order valence-corrected chi connectivity index (χ3v) is 6.53. The van der Waals surface area contributed by atoms with Gasteiger partial charge >= 0.3 is 4.87 Å². The van der Waals surface area contributed by atoms with Gasteiger partial charge in [-0.1, -0.05) is 23.5 Å². The van der Waals surface area contributed by atoms with E-state index in [0.717, 1.165) is 28.2 Å². The van der Waals surface area contributed by atoms with Gasteiger partial charge in [-0.25, -0.2) is 18.1 Å². The highest BCUT2D eigenvalue weighted by Gasteiger charge is 2.16. The van der Waals surface area contributed by atoms with Gasteiger partial charge in [0.1, 0.15) is 5.82 Å². The summed E-state index contributed by atoms with van der Waals surface area (Å²) in [4.78, 5) is 18.5. The van der Waals surface area contributed by atoms with Gasteiger partial charge in [-0.05, 0) is 30.3 Å². The van der Waals surface area contributed by atoms with Crippen molar-refractivity contribution in [1.29, 1.82) is 0 Å². The van der Waals surface area contributed by atoms with Crippen LogP contribution in [0.15, 0.2) is 52.2 Å². The molecule has 0 amide bonds. The number of H-pyrrole nitrogens is 1. The Balaban J connectivity index is 1.51. The van der Waals surface area contributed by atoms with Crippen molar-refractivity contribution in [2.75, 3.05) is 6.54 Å². The Labute approximate surface area is 153 Å². The van der Waals surface area contributed by atoms with Gasteiger partial charge in [0.25, 0.3) is 0 Å². The number of aromatic amines is 1. The first kappa shape index (κ1) is 17.0. The SMILES string of the molecule is Cn1c(CCNS(=O)(=O)c2ccc3[nH]c(=O)sc3c2)nc2ccccc21. The number of fused-ring (bicyclic) bond motifs is 2. The zero-order valence-corrected chi connectivity index (χ0v) is 15.5. The van der Waals surface area contributed by atoms with Gasteiger partial charge in [0.2, 0.25) is 10.0 Å². The van der Waals surface area contributed by atoms with Crippen molar-refractivity contribution in [2.45, 2.75) is 11.3 Å². The predicted molar refractivity (Wildman–Crippen MR) is 102 cm³/mol. The van der Waals surface area contributed by atoms with Crippen LogP contribution in [0.25, 0.3) is 21.3 Å². The molecule has 0 radical (unpaired) electrons. The molecule has 4 rings (SSSR count). The van der Waals surface area contributed by atoms with E-state index in [1.807, 2.05) is 35.9 Å². The van der Waals surface area contributed by atoms with Gasteiger partial charge in [0.05, 0.1) is 26.1 Å². The van der Waals surface area contributed by atoms with Crippen molar-refractivity contribution >= 4 is 42.6 Å². The summed E-state index contributed by atoms with van der Waals surface area (Å²) >= 11 is 0.991. The molecule has 134 valence electrons. The number of aryl methyl sites for hydroxylation is 1. The molecule has 0 aliphatic carbocycles. The van der Waals surface area contributed by atoms with E-state index in [1.165, 1.54) is 12.1 Å². The highest BCUT2D eigenvalue weighted by molar-refractivity contribution is 7.89. The van der Waals surface area contributed by atoms with Crippen LogP contribution in [0.2, 0.25) is 0 Å².